The smallest absolute Gasteiger partial charge is 0.218 e. The number of aromatic amines is 1. The third-order valence-electron chi connectivity index (χ3n) is 3.15. The number of H-pyrrole nitrogens is 1. The van der Waals surface area contributed by atoms with E-state index in [0.29, 0.717) is 5.52 Å². The fourth-order valence-corrected chi connectivity index (χ4v) is 2.22. The van der Waals surface area contributed by atoms with Crippen LogP contribution in [0.4, 0.5) is 24.5 Å². The van der Waals surface area contributed by atoms with E-state index < -0.39 is 23.1 Å². The molecule has 3 aromatic rings. The number of benzene rings is 2. The van der Waals surface area contributed by atoms with Crippen molar-refractivity contribution in [3.05, 3.63) is 53.8 Å². The van der Waals surface area contributed by atoms with Gasteiger partial charge in [-0.05, 0) is 42.5 Å². The van der Waals surface area contributed by atoms with Gasteiger partial charge >= 0.3 is 0 Å². The van der Waals surface area contributed by atoms with Crippen LogP contribution in [-0.4, -0.2) is 15.2 Å². The Morgan fingerprint density at radius 2 is 1.83 bits per heavy atom. The van der Waals surface area contributed by atoms with Gasteiger partial charge in [0.25, 0.3) is 0 Å². The molecule has 1 heterocycles. The summed E-state index contributed by atoms with van der Waals surface area (Å²) in [7, 11) is 0. The summed E-state index contributed by atoms with van der Waals surface area (Å²) in [6.07, 6.45) is 0. The Bertz CT molecular complexity index is 951. The molecule has 0 bridgehead atoms. The maximum atomic E-state index is 13.5. The average Bonchev–Trinajstić information content (AvgIpc) is 2.84. The van der Waals surface area contributed by atoms with Crippen LogP contribution >= 0.6 is 12.2 Å². The summed E-state index contributed by atoms with van der Waals surface area (Å²) < 4.78 is 40.4. The summed E-state index contributed by atoms with van der Waals surface area (Å²) in [5.74, 6) is -2.54. The first-order valence-corrected chi connectivity index (χ1v) is 7.03. The summed E-state index contributed by atoms with van der Waals surface area (Å²) in [5, 5.41) is 19.3. The lowest BCUT2D eigenvalue weighted by Crippen LogP contribution is -2.08. The van der Waals surface area contributed by atoms with E-state index in [1.807, 2.05) is 0 Å². The lowest BCUT2D eigenvalue weighted by atomic mass is 10.2. The van der Waals surface area contributed by atoms with Gasteiger partial charge in [-0.1, -0.05) is 6.07 Å². The number of anilines is 1. The maximum absolute atomic E-state index is 13.5. The van der Waals surface area contributed by atoms with Crippen LogP contribution in [0, 0.1) is 17.5 Å². The van der Waals surface area contributed by atoms with Crippen molar-refractivity contribution in [2.24, 2.45) is 10.2 Å². The van der Waals surface area contributed by atoms with Gasteiger partial charge in [0.1, 0.15) is 23.1 Å². The Kier molecular flexibility index (Phi) is 4.17. The molecule has 0 amide bonds. The molecule has 3 N–H and O–H groups in total. The molecule has 0 atom stereocenters. The van der Waals surface area contributed by atoms with E-state index in [4.69, 9.17) is 12.2 Å². The van der Waals surface area contributed by atoms with Gasteiger partial charge in [0, 0.05) is 5.39 Å². The normalized spacial score (nSPS) is 11.3. The molecule has 0 saturated heterocycles. The van der Waals surface area contributed by atoms with Gasteiger partial charge in [-0.3, -0.25) is 0 Å². The lowest BCUT2D eigenvalue weighted by molar-refractivity contribution is 0.459. The van der Waals surface area contributed by atoms with Crippen molar-refractivity contribution in [3.63, 3.8) is 0 Å². The van der Waals surface area contributed by atoms with Crippen LogP contribution in [0.5, 0.6) is 5.88 Å². The molecule has 9 heteroatoms. The van der Waals surface area contributed by atoms with Gasteiger partial charge in [0.05, 0.1) is 5.52 Å². The fraction of sp³-hybridized carbons (Fsp3) is 0. The van der Waals surface area contributed by atoms with Gasteiger partial charge in [-0.2, -0.15) is 0 Å². The number of nitrogens with one attached hydrogen (secondary N) is 2. The first-order valence-electron chi connectivity index (χ1n) is 6.62. The van der Waals surface area contributed by atoms with Crippen LogP contribution in [0.2, 0.25) is 0 Å². The summed E-state index contributed by atoms with van der Waals surface area (Å²) in [6.45, 7) is 0. The van der Waals surface area contributed by atoms with Crippen molar-refractivity contribution >= 4 is 39.6 Å². The van der Waals surface area contributed by atoms with Gasteiger partial charge < -0.3 is 15.4 Å². The molecular weight excluding hydrogens is 341 g/mol. The van der Waals surface area contributed by atoms with Crippen molar-refractivity contribution in [3.8, 4) is 5.88 Å². The van der Waals surface area contributed by atoms with Crippen LogP contribution < -0.4 is 5.32 Å². The number of para-hydroxylation sites is 1. The predicted octanol–water partition coefficient (Wildman–Crippen LogP) is 4.77. The highest BCUT2D eigenvalue weighted by molar-refractivity contribution is 7.80. The first kappa shape index (κ1) is 15.9. The molecule has 122 valence electrons. The second kappa shape index (κ2) is 6.28. The SMILES string of the molecule is Oc1[nH]c2ccc(F)cc2c1N=NC(=S)Nc1c(F)cccc1F. The molecule has 0 aliphatic carbocycles. The molecule has 0 spiro atoms. The standard InChI is InChI=1S/C15H9F3N4OS/c16-7-4-5-11-8(6-7)12(14(23)19-11)21-22-15(24)20-13-9(17)2-1-3-10(13)18/h1-6,19,23H,(H,20,24). The zero-order valence-corrected chi connectivity index (χ0v) is 12.7. The van der Waals surface area contributed by atoms with Crippen LogP contribution in [0.1, 0.15) is 0 Å². The third-order valence-corrected chi connectivity index (χ3v) is 3.33. The second-order valence-electron chi connectivity index (χ2n) is 4.74. The first-order chi connectivity index (χ1) is 11.5. The van der Waals surface area contributed by atoms with Gasteiger partial charge in [-0.15, -0.1) is 10.2 Å². The van der Waals surface area contributed by atoms with Crippen molar-refractivity contribution in [1.82, 2.24) is 4.98 Å². The molecule has 1 aromatic heterocycles. The predicted molar refractivity (Wildman–Crippen MR) is 87.0 cm³/mol. The van der Waals surface area contributed by atoms with E-state index in [2.05, 4.69) is 20.5 Å². The number of aromatic hydroxyl groups is 1. The summed E-state index contributed by atoms with van der Waals surface area (Å²) in [5.41, 5.74) is -0.0554. The number of nitrogens with zero attached hydrogens (tertiary/aromatic N) is 2. The molecule has 0 unspecified atom stereocenters. The Hall–Kier alpha value is -2.94. The number of thiocarbonyl (C=S) groups is 1. The average molecular weight is 350 g/mol. The Balaban J connectivity index is 1.87. The van der Waals surface area contributed by atoms with Gasteiger partial charge in [-0.25, -0.2) is 13.2 Å². The quantitative estimate of drug-likeness (QED) is 0.460. The topological polar surface area (TPSA) is 72.8 Å². The van der Waals surface area contributed by atoms with Crippen LogP contribution in [0.25, 0.3) is 10.9 Å². The zero-order valence-electron chi connectivity index (χ0n) is 11.8. The molecule has 0 fully saturated rings. The molecule has 2 aromatic carbocycles. The maximum Gasteiger partial charge on any atom is 0.218 e. The number of hydrogen-bond donors (Lipinski definition) is 3. The van der Waals surface area contributed by atoms with E-state index in [-0.39, 0.29) is 22.1 Å². The molecule has 0 aliphatic heterocycles. The highest BCUT2D eigenvalue weighted by Gasteiger charge is 2.12. The van der Waals surface area contributed by atoms with Crippen LogP contribution in [0.15, 0.2) is 46.6 Å². The van der Waals surface area contributed by atoms with Crippen molar-refractivity contribution in [1.29, 1.82) is 0 Å². The van der Waals surface area contributed by atoms with E-state index in [1.54, 1.807) is 0 Å². The minimum atomic E-state index is -0.843. The number of halogens is 3. The van der Waals surface area contributed by atoms with Gasteiger partial charge in [0.15, 0.2) is 5.69 Å². The van der Waals surface area contributed by atoms with Crippen molar-refractivity contribution in [2.75, 3.05) is 5.32 Å². The molecule has 24 heavy (non-hydrogen) atoms. The van der Waals surface area contributed by atoms with Gasteiger partial charge in [0.2, 0.25) is 11.0 Å². The molecule has 5 nitrogen and oxygen atoms in total. The van der Waals surface area contributed by atoms with E-state index in [1.165, 1.54) is 18.2 Å². The minimum Gasteiger partial charge on any atom is -0.493 e. The highest BCUT2D eigenvalue weighted by atomic mass is 32.1. The fourth-order valence-electron chi connectivity index (χ4n) is 2.08. The molecule has 0 radical (unpaired) electrons. The number of aromatic nitrogens is 1. The van der Waals surface area contributed by atoms with Crippen molar-refractivity contribution < 1.29 is 18.3 Å². The second-order valence-corrected chi connectivity index (χ2v) is 5.13. The van der Waals surface area contributed by atoms with Crippen LogP contribution in [0.3, 0.4) is 0 Å². The Labute approximate surface area is 138 Å². The molecule has 0 saturated carbocycles. The molecular formula is C15H9F3N4OS. The third kappa shape index (κ3) is 3.06. The minimum absolute atomic E-state index is 0.0392. The largest absolute Gasteiger partial charge is 0.493 e. The van der Waals surface area contributed by atoms with E-state index >= 15 is 0 Å². The highest BCUT2D eigenvalue weighted by Crippen LogP contribution is 2.35. The Morgan fingerprint density at radius 1 is 1.12 bits per heavy atom. The summed E-state index contributed by atoms with van der Waals surface area (Å²) >= 11 is 4.85. The Morgan fingerprint density at radius 3 is 2.54 bits per heavy atom. The van der Waals surface area contributed by atoms with E-state index in [0.717, 1.165) is 18.2 Å². The van der Waals surface area contributed by atoms with Crippen molar-refractivity contribution in [2.45, 2.75) is 0 Å². The number of rotatable bonds is 2. The number of fused-ring (bicyclic) bond motifs is 1. The lowest BCUT2D eigenvalue weighted by Gasteiger charge is -2.05. The molecule has 0 aliphatic rings. The zero-order chi connectivity index (χ0) is 17.3. The van der Waals surface area contributed by atoms with E-state index in [9.17, 15) is 18.3 Å². The summed E-state index contributed by atoms with van der Waals surface area (Å²) in [6, 6.07) is 7.12. The summed E-state index contributed by atoms with van der Waals surface area (Å²) in [4.78, 5) is 2.60. The number of azo groups is 1. The van der Waals surface area contributed by atoms with Crippen LogP contribution in [-0.2, 0) is 0 Å². The molecule has 3 rings (SSSR count). The monoisotopic (exact) mass is 350 g/mol. The number of hydrogen-bond acceptors (Lipinski definition) is 3.